The summed E-state index contributed by atoms with van der Waals surface area (Å²) in [5, 5.41) is 0. The van der Waals surface area contributed by atoms with Gasteiger partial charge in [-0.25, -0.2) is 0 Å². The zero-order valence-electron chi connectivity index (χ0n) is 17.4. The van der Waals surface area contributed by atoms with Gasteiger partial charge in [0.2, 0.25) is 0 Å². The molecule has 0 saturated carbocycles. The summed E-state index contributed by atoms with van der Waals surface area (Å²) >= 11 is 0. The summed E-state index contributed by atoms with van der Waals surface area (Å²) in [7, 11) is -5.01. The fourth-order valence-electron chi connectivity index (χ4n) is 2.67. The van der Waals surface area contributed by atoms with Crippen molar-refractivity contribution in [3.05, 3.63) is 0 Å². The second-order valence-corrected chi connectivity index (χ2v) is 7.59. The Hall–Kier alpha value is 4.97. The van der Waals surface area contributed by atoms with E-state index >= 15 is 0 Å². The Bertz CT molecular complexity index is 232. The van der Waals surface area contributed by atoms with E-state index in [9.17, 15) is 14.4 Å². The topological polar surface area (TPSA) is 78.4 Å². The monoisotopic (exact) mass is 448 g/mol. The Morgan fingerprint density at radius 1 is 0.520 bits per heavy atom. The van der Waals surface area contributed by atoms with Gasteiger partial charge in [0.25, 0.3) is 0 Å². The Morgan fingerprint density at radius 2 is 0.800 bits per heavy atom. The Morgan fingerprint density at radius 3 is 1.08 bits per heavy atom. The molecule has 0 unspecified atom stereocenters. The molecule has 0 saturated heterocycles. The minimum atomic E-state index is -5.01. The molecule has 0 N–H and O–H groups in total. The van der Waals surface area contributed by atoms with Crippen LogP contribution in [-0.2, 0) is 4.43 Å². The normalized spacial score (nSPS) is 10.6. The van der Waals surface area contributed by atoms with Gasteiger partial charge >= 0.3 is 154 Å². The number of hydrogen-bond donors (Lipinski definition) is 0. The van der Waals surface area contributed by atoms with E-state index in [1.807, 2.05) is 0 Å². The van der Waals surface area contributed by atoms with Gasteiger partial charge in [-0.05, 0) is 6.42 Å². The first-order valence-electron chi connectivity index (χ1n) is 9.31. The van der Waals surface area contributed by atoms with Gasteiger partial charge in [0.15, 0.2) is 0 Å². The fraction of sp³-hybridized carbons (Fsp3) is 1.00. The van der Waals surface area contributed by atoms with Crippen molar-refractivity contribution in [2.45, 2.75) is 103 Å². The zero-order chi connectivity index (χ0) is 16.5. The molecule has 0 radical (unpaired) electrons. The summed E-state index contributed by atoms with van der Waals surface area (Å²) in [4.78, 5) is 30.8. The van der Waals surface area contributed by atoms with Crippen LogP contribution in [0.1, 0.15) is 103 Å². The van der Waals surface area contributed by atoms with Crippen LogP contribution in [0.15, 0.2) is 0 Å². The molecule has 0 aromatic rings. The average molecular weight is 449 g/mol. The van der Waals surface area contributed by atoms with E-state index in [1.165, 1.54) is 77.0 Å². The second-order valence-electron chi connectivity index (χ2n) is 6.30. The molecule has 0 heterocycles. The van der Waals surface area contributed by atoms with Crippen molar-refractivity contribution < 1.29 is 173 Å². The maximum absolute atomic E-state index is 10.3. The van der Waals surface area contributed by atoms with E-state index in [4.69, 9.17) is 0 Å². The molecule has 0 aromatic heterocycles. The first-order chi connectivity index (χ1) is 10.6. The van der Waals surface area contributed by atoms with E-state index in [0.29, 0.717) is 6.42 Å². The summed E-state index contributed by atoms with van der Waals surface area (Å²) in [6.07, 6.45) is 18.9. The fourth-order valence-corrected chi connectivity index (χ4v) is 3.06. The standard InChI is InChI=1S/C17H35O4Si.3K/c1-2-3-4-5-6-7-8-9-10-11-12-13-14-15-16-17-21-22(18,19)20;;;/h2-17H2,1H3;;;/q-3;3*+1. The predicted molar refractivity (Wildman–Crippen MR) is 86.6 cm³/mol. The second kappa shape index (κ2) is 29.0. The van der Waals surface area contributed by atoms with Gasteiger partial charge in [-0.1, -0.05) is 96.8 Å². The largest absolute Gasteiger partial charge is 1.00 e. The molecule has 0 spiro atoms. The van der Waals surface area contributed by atoms with Crippen LogP contribution in [0, 0.1) is 0 Å². The molecule has 0 bridgehead atoms. The maximum atomic E-state index is 10.3. The molecule has 0 rings (SSSR count). The number of rotatable bonds is 17. The molecule has 0 amide bonds. The first-order valence-corrected chi connectivity index (χ1v) is 10.9. The molecule has 8 heteroatoms. The van der Waals surface area contributed by atoms with Gasteiger partial charge in [-0.3, -0.25) is 0 Å². The Labute approximate surface area is 285 Å². The van der Waals surface area contributed by atoms with Gasteiger partial charge in [0.1, 0.15) is 0 Å². The molecule has 0 aliphatic heterocycles. The van der Waals surface area contributed by atoms with Crippen LogP contribution < -0.4 is 169 Å². The molecule has 4 nitrogen and oxygen atoms in total. The van der Waals surface area contributed by atoms with Crippen molar-refractivity contribution in [1.82, 2.24) is 0 Å². The van der Waals surface area contributed by atoms with Crippen molar-refractivity contribution in [2.75, 3.05) is 6.61 Å². The van der Waals surface area contributed by atoms with Gasteiger partial charge < -0.3 is 18.8 Å². The first kappa shape index (κ1) is 37.3. The van der Waals surface area contributed by atoms with E-state index in [0.717, 1.165) is 12.8 Å². The van der Waals surface area contributed by atoms with Gasteiger partial charge in [0.05, 0.1) is 0 Å². The molecule has 25 heavy (non-hydrogen) atoms. The molecule has 0 aromatic carbocycles. The van der Waals surface area contributed by atoms with Crippen molar-refractivity contribution in [2.24, 2.45) is 0 Å². The quantitative estimate of drug-likeness (QED) is 0.164. The molecule has 0 atom stereocenters. The van der Waals surface area contributed by atoms with Gasteiger partial charge in [-0.15, -0.1) is 9.05 Å². The average Bonchev–Trinajstić information content (AvgIpc) is 2.45. The third-order valence-corrected chi connectivity index (χ3v) is 4.58. The van der Waals surface area contributed by atoms with Crippen LogP contribution in [0.5, 0.6) is 0 Å². The van der Waals surface area contributed by atoms with Crippen molar-refractivity contribution in [1.29, 1.82) is 0 Å². The van der Waals surface area contributed by atoms with Gasteiger partial charge in [-0.2, -0.15) is 0 Å². The van der Waals surface area contributed by atoms with E-state index in [2.05, 4.69) is 11.3 Å². The van der Waals surface area contributed by atoms with Crippen LogP contribution in [0.25, 0.3) is 0 Å². The molecule has 134 valence electrons. The van der Waals surface area contributed by atoms with Crippen LogP contribution in [-0.4, -0.2) is 15.7 Å². The zero-order valence-corrected chi connectivity index (χ0v) is 27.8. The third kappa shape index (κ3) is 36.7. The van der Waals surface area contributed by atoms with E-state index < -0.39 is 9.05 Å². The predicted octanol–water partition coefficient (Wildman–Crippen LogP) is -6.60. The van der Waals surface area contributed by atoms with Gasteiger partial charge in [0, 0.05) is 6.61 Å². The smallest absolute Gasteiger partial charge is 0.861 e. The third-order valence-electron chi connectivity index (χ3n) is 4.03. The summed E-state index contributed by atoms with van der Waals surface area (Å²) in [5.74, 6) is 0. The van der Waals surface area contributed by atoms with E-state index in [1.54, 1.807) is 0 Å². The Kier molecular flexibility index (Phi) is 43.2. The molecular weight excluding hydrogens is 414 g/mol. The number of unbranched alkanes of at least 4 members (excludes halogenated alkanes) is 14. The van der Waals surface area contributed by atoms with Crippen LogP contribution in [0.4, 0.5) is 0 Å². The molecule has 0 aliphatic rings. The summed E-state index contributed by atoms with van der Waals surface area (Å²) in [6.45, 7) is 2.31. The van der Waals surface area contributed by atoms with Crippen molar-refractivity contribution in [3.63, 3.8) is 0 Å². The minimum absolute atomic E-state index is 0. The summed E-state index contributed by atoms with van der Waals surface area (Å²) in [6, 6.07) is 0. The van der Waals surface area contributed by atoms with Crippen molar-refractivity contribution >= 4 is 9.05 Å². The number of hydrogen-bond acceptors (Lipinski definition) is 4. The Balaban J connectivity index is -0.000000735. The molecular formula is C17H35K3O4Si. The van der Waals surface area contributed by atoms with Crippen LogP contribution in [0.3, 0.4) is 0 Å². The summed E-state index contributed by atoms with van der Waals surface area (Å²) < 4.78 is 4.21. The minimum Gasteiger partial charge on any atom is -0.861 e. The maximum Gasteiger partial charge on any atom is 1.00 e. The molecule has 0 fully saturated rings. The SMILES string of the molecule is CCCCCCCCCCCCCCCCCO[Si]([O-])([O-])[O-].[K+].[K+].[K+]. The van der Waals surface area contributed by atoms with E-state index in [-0.39, 0.29) is 161 Å². The van der Waals surface area contributed by atoms with Crippen LogP contribution in [0.2, 0.25) is 0 Å². The van der Waals surface area contributed by atoms with Crippen LogP contribution >= 0.6 is 0 Å². The summed E-state index contributed by atoms with van der Waals surface area (Å²) in [5.41, 5.74) is 0. The van der Waals surface area contributed by atoms with Crippen molar-refractivity contribution in [3.8, 4) is 0 Å². The molecule has 0 aliphatic carbocycles.